The van der Waals surface area contributed by atoms with Gasteiger partial charge in [-0.3, -0.25) is 0 Å². The van der Waals surface area contributed by atoms with Crippen molar-refractivity contribution in [2.75, 3.05) is 0 Å². The highest BCUT2D eigenvalue weighted by Crippen LogP contribution is 2.19. The molecular formula is C2H4BO5P2. The van der Waals surface area contributed by atoms with Gasteiger partial charge < -0.3 is 14.5 Å². The van der Waals surface area contributed by atoms with Crippen molar-refractivity contribution < 1.29 is 24.1 Å². The van der Waals surface area contributed by atoms with Crippen LogP contribution in [0.15, 0.2) is 0 Å². The van der Waals surface area contributed by atoms with E-state index in [-0.39, 0.29) is 8.41 Å². The molecule has 0 saturated carbocycles. The molecule has 0 heterocycles. The van der Waals surface area contributed by atoms with E-state index in [1.807, 2.05) is 0 Å². The summed E-state index contributed by atoms with van der Waals surface area (Å²) in [6.07, 6.45) is 0. The van der Waals surface area contributed by atoms with Gasteiger partial charge in [-0.15, -0.1) is 0 Å². The molecule has 0 aromatic heterocycles. The fourth-order valence-corrected chi connectivity index (χ4v) is 0.753. The smallest absolute Gasteiger partial charge is 0.338 e. The lowest BCUT2D eigenvalue weighted by molar-refractivity contribution is 0.219. The predicted octanol–water partition coefficient (Wildman–Crippen LogP) is 0.599. The van der Waals surface area contributed by atoms with E-state index in [0.717, 1.165) is 0 Å². The Morgan fingerprint density at radius 1 is 1.40 bits per heavy atom. The largest absolute Gasteiger partial charge is 0.478 e. The maximum Gasteiger partial charge on any atom is 0.338 e. The molecule has 0 saturated heterocycles. The first-order valence-electron chi connectivity index (χ1n) is 1.76. The molecule has 0 aromatic rings. The minimum atomic E-state index is -1.24. The second kappa shape index (κ2) is 6.94. The molecule has 0 aliphatic rings. The zero-order chi connectivity index (χ0) is 7.28. The number of carboxylic acid groups (broad SMARTS) is 1. The van der Waals surface area contributed by atoms with Crippen LogP contribution in [0.5, 0.6) is 0 Å². The highest BCUT2D eigenvalue weighted by Gasteiger charge is 2.07. The van der Waals surface area contributed by atoms with Gasteiger partial charge in [-0.05, 0) is 0 Å². The van der Waals surface area contributed by atoms with Crippen LogP contribution in [0.3, 0.4) is 0 Å². The fraction of sp³-hybridized carbons (Fsp3) is 0. The minimum Gasteiger partial charge on any atom is -0.478 e. The summed E-state index contributed by atoms with van der Waals surface area (Å²) < 4.78 is 3.93. The molecule has 0 aromatic carbocycles. The summed E-state index contributed by atoms with van der Waals surface area (Å²) in [5.41, 5.74) is -2.14. The van der Waals surface area contributed by atoms with Crippen LogP contribution in [0, 0.1) is 0 Å². The normalized spacial score (nSPS) is 10.1. The second-order valence-electron chi connectivity index (χ2n) is 0.911. The number of carbonyl (C=O) groups is 2. The van der Waals surface area contributed by atoms with E-state index in [9.17, 15) is 9.59 Å². The number of hydrogen-bond donors (Lipinski definition) is 2. The van der Waals surface area contributed by atoms with Gasteiger partial charge in [-0.1, -0.05) is 0 Å². The summed E-state index contributed by atoms with van der Waals surface area (Å²) in [6.45, 7) is 0. The molecule has 3 radical (unpaired) electrons. The summed E-state index contributed by atoms with van der Waals surface area (Å²) in [6, 6.07) is 0. The van der Waals surface area contributed by atoms with Crippen LogP contribution in [0.1, 0.15) is 0 Å². The Balaban J connectivity index is 0. The van der Waals surface area contributed by atoms with Crippen molar-refractivity contribution in [2.24, 2.45) is 0 Å². The summed E-state index contributed by atoms with van der Waals surface area (Å²) in [5.74, 6) is 0. The van der Waals surface area contributed by atoms with Crippen molar-refractivity contribution in [3.63, 3.8) is 0 Å². The van der Waals surface area contributed by atoms with Crippen molar-refractivity contribution in [1.82, 2.24) is 0 Å². The monoisotopic (exact) mass is 181 g/mol. The SMILES string of the molecule is O=C(O)PC(=O)OPO.[B]. The molecule has 0 aliphatic carbocycles. The van der Waals surface area contributed by atoms with E-state index >= 15 is 0 Å². The second-order valence-corrected chi connectivity index (χ2v) is 2.38. The van der Waals surface area contributed by atoms with E-state index in [4.69, 9.17) is 10.00 Å². The number of rotatable bonds is 3. The van der Waals surface area contributed by atoms with Gasteiger partial charge in [0.05, 0.1) is 0 Å². The molecule has 0 aliphatic heterocycles. The van der Waals surface area contributed by atoms with Gasteiger partial charge in [0.15, 0.2) is 0 Å². The molecule has 0 fully saturated rings. The van der Waals surface area contributed by atoms with Crippen molar-refractivity contribution in [3.05, 3.63) is 0 Å². The quantitative estimate of drug-likeness (QED) is 0.491. The minimum absolute atomic E-state index is 0. The van der Waals surface area contributed by atoms with Crippen LogP contribution in [0.2, 0.25) is 0 Å². The Hall–Kier alpha value is -0.175. The summed E-state index contributed by atoms with van der Waals surface area (Å²) in [4.78, 5) is 27.8. The molecule has 55 valence electrons. The van der Waals surface area contributed by atoms with Crippen LogP contribution in [0.4, 0.5) is 9.59 Å². The van der Waals surface area contributed by atoms with E-state index in [2.05, 4.69) is 4.52 Å². The predicted molar refractivity (Wildman–Crippen MR) is 39.1 cm³/mol. The van der Waals surface area contributed by atoms with Crippen molar-refractivity contribution in [3.8, 4) is 0 Å². The summed E-state index contributed by atoms with van der Waals surface area (Å²) >= 11 is 0. The van der Waals surface area contributed by atoms with Gasteiger partial charge in [-0.25, -0.2) is 9.59 Å². The maximum atomic E-state index is 10.1. The van der Waals surface area contributed by atoms with Gasteiger partial charge >= 0.3 is 11.4 Å². The first-order chi connectivity index (χ1) is 4.16. The van der Waals surface area contributed by atoms with Gasteiger partial charge in [-0.2, -0.15) is 0 Å². The van der Waals surface area contributed by atoms with E-state index in [1.54, 1.807) is 0 Å². The van der Waals surface area contributed by atoms with E-state index in [0.29, 0.717) is 0 Å². The average Bonchev–Trinajstić information content (AvgIpc) is 1.63. The molecule has 0 spiro atoms. The van der Waals surface area contributed by atoms with Gasteiger partial charge in [0.2, 0.25) is 9.03 Å². The van der Waals surface area contributed by atoms with Crippen LogP contribution >= 0.6 is 17.6 Å². The molecular weight excluding hydrogens is 177 g/mol. The maximum absolute atomic E-state index is 10.1. The third-order valence-corrected chi connectivity index (χ3v) is 1.35. The van der Waals surface area contributed by atoms with Crippen LogP contribution < -0.4 is 0 Å². The zero-order valence-corrected chi connectivity index (χ0v) is 6.70. The Kier molecular flexibility index (Phi) is 8.67. The Morgan fingerprint density at radius 3 is 2.20 bits per heavy atom. The summed E-state index contributed by atoms with van der Waals surface area (Å²) in [7, 11) is -1.90. The van der Waals surface area contributed by atoms with Gasteiger partial charge in [0.25, 0.3) is 0 Å². The van der Waals surface area contributed by atoms with Crippen molar-refractivity contribution in [2.45, 2.75) is 0 Å². The highest BCUT2D eigenvalue weighted by molar-refractivity contribution is 7.73. The Labute approximate surface area is 62.5 Å². The Bertz CT molecular complexity index is 127. The number of hydrogen-bond acceptors (Lipinski definition) is 4. The topological polar surface area (TPSA) is 83.8 Å². The average molecular weight is 181 g/mol. The van der Waals surface area contributed by atoms with E-state index in [1.165, 1.54) is 0 Å². The molecule has 0 rings (SSSR count). The lowest BCUT2D eigenvalue weighted by atomic mass is 10.8. The lowest BCUT2D eigenvalue weighted by Gasteiger charge is -1.93. The van der Waals surface area contributed by atoms with Crippen LogP contribution in [0.25, 0.3) is 0 Å². The highest BCUT2D eigenvalue weighted by atomic mass is 31.1. The number of carbonyl (C=O) groups excluding carboxylic acids is 1. The van der Waals surface area contributed by atoms with E-state index < -0.39 is 29.0 Å². The van der Waals surface area contributed by atoms with Crippen LogP contribution in [-0.4, -0.2) is 29.8 Å². The van der Waals surface area contributed by atoms with Crippen LogP contribution in [-0.2, 0) is 4.52 Å². The first-order valence-corrected chi connectivity index (χ1v) is 3.62. The fourth-order valence-electron chi connectivity index (χ4n) is 0.154. The van der Waals surface area contributed by atoms with Gasteiger partial charge in [0, 0.05) is 8.41 Å². The first kappa shape index (κ1) is 12.5. The Morgan fingerprint density at radius 2 is 1.90 bits per heavy atom. The lowest BCUT2D eigenvalue weighted by Crippen LogP contribution is -1.90. The third kappa shape index (κ3) is 7.82. The van der Waals surface area contributed by atoms with Crippen molar-refractivity contribution >= 4 is 37.4 Å². The summed E-state index contributed by atoms with van der Waals surface area (Å²) in [5, 5.41) is 7.94. The van der Waals surface area contributed by atoms with Crippen molar-refractivity contribution in [1.29, 1.82) is 0 Å². The molecule has 5 nitrogen and oxygen atoms in total. The molecule has 8 heteroatoms. The molecule has 2 atom stereocenters. The molecule has 0 amide bonds. The van der Waals surface area contributed by atoms with Gasteiger partial charge in [0.1, 0.15) is 8.58 Å². The zero-order valence-electron chi connectivity index (χ0n) is 4.70. The molecule has 0 bridgehead atoms. The molecule has 2 unspecified atom stereocenters. The standard InChI is InChI=1S/C2H4O5P2.B/c3-1(4)8-2(5)7-9-6;/h6,8-9H,(H,3,4);. The molecule has 2 N–H and O–H groups in total. The third-order valence-electron chi connectivity index (χ3n) is 0.347. The molecule has 10 heavy (non-hydrogen) atoms.